The van der Waals surface area contributed by atoms with Gasteiger partial charge in [0, 0.05) is 64.5 Å². The number of hydrogen-bond donors (Lipinski definition) is 3. The van der Waals surface area contributed by atoms with E-state index in [1.54, 1.807) is 18.2 Å². The maximum Gasteiger partial charge on any atom is 0.163 e. The number of Topliss-reactive ketones (excluding diaryl/α,β-unsaturated/α-hetero) is 1. The number of para-hydroxylation sites is 1. The van der Waals surface area contributed by atoms with Crippen LogP contribution in [-0.4, -0.2) is 35.0 Å². The summed E-state index contributed by atoms with van der Waals surface area (Å²) in [6, 6.07) is 31.4. The minimum atomic E-state index is -0.390. The Balaban J connectivity index is 1.29. The number of phenols is 1. The quantitative estimate of drug-likeness (QED) is 0.193. The van der Waals surface area contributed by atoms with Gasteiger partial charge in [-0.2, -0.15) is 0 Å². The highest BCUT2D eigenvalue weighted by atomic mass is 35.5. The van der Waals surface area contributed by atoms with Crippen LogP contribution in [0.5, 0.6) is 5.75 Å². The average molecular weight is 536 g/mol. The number of aromatic amines is 1. The Bertz CT molecular complexity index is 1610. The highest BCUT2D eigenvalue weighted by Gasteiger charge is 2.24. The molecule has 6 heteroatoms. The zero-order chi connectivity index (χ0) is 26.9. The number of halogens is 1. The van der Waals surface area contributed by atoms with E-state index < -0.39 is 5.92 Å². The van der Waals surface area contributed by atoms with E-state index >= 15 is 0 Å². The molecule has 1 aliphatic heterocycles. The van der Waals surface area contributed by atoms with E-state index in [-0.39, 0.29) is 24.0 Å². The van der Waals surface area contributed by atoms with Gasteiger partial charge in [0.05, 0.1) is 0 Å². The number of benzene rings is 4. The van der Waals surface area contributed by atoms with Gasteiger partial charge in [-0.3, -0.25) is 4.79 Å². The van der Waals surface area contributed by atoms with Crippen molar-refractivity contribution in [2.24, 2.45) is 5.73 Å². The van der Waals surface area contributed by atoms with Crippen LogP contribution in [0, 0.1) is 0 Å². The standard InChI is InChI=1S/C33H30ClN3O2/c34-25-10-13-32(38)29(18-25)28(31-17-23-4-1-2-7-30(23)36-31)19-33(39)24-6-3-5-22(16-24)21-8-11-27(12-9-21)37-15-14-26(35)20-37/h1-13,16-18,26,28,36,38H,14-15,19-20,35H2/t26-,28+/m0/s1. The Kier molecular flexibility index (Phi) is 6.86. The molecule has 1 aliphatic rings. The zero-order valence-corrected chi connectivity index (χ0v) is 22.2. The first kappa shape index (κ1) is 25.2. The number of ketones is 1. The molecule has 4 N–H and O–H groups in total. The van der Waals surface area contributed by atoms with Crippen molar-refractivity contribution in [3.05, 3.63) is 119 Å². The van der Waals surface area contributed by atoms with Crippen LogP contribution in [0.15, 0.2) is 97.1 Å². The van der Waals surface area contributed by atoms with Crippen molar-refractivity contribution in [2.45, 2.75) is 24.8 Å². The minimum absolute atomic E-state index is 0.0115. The van der Waals surface area contributed by atoms with E-state index in [1.807, 2.05) is 54.6 Å². The second kappa shape index (κ2) is 10.6. The van der Waals surface area contributed by atoms with Crippen LogP contribution in [0.2, 0.25) is 5.02 Å². The maximum absolute atomic E-state index is 13.7. The fourth-order valence-electron chi connectivity index (χ4n) is 5.54. The molecule has 0 spiro atoms. The molecule has 5 aromatic rings. The number of nitrogens with one attached hydrogen (secondary N) is 1. The van der Waals surface area contributed by atoms with Gasteiger partial charge in [0.15, 0.2) is 5.78 Å². The van der Waals surface area contributed by atoms with E-state index in [1.165, 1.54) is 5.69 Å². The molecule has 0 radical (unpaired) electrons. The van der Waals surface area contributed by atoms with E-state index in [9.17, 15) is 9.90 Å². The van der Waals surface area contributed by atoms with Crippen LogP contribution in [0.25, 0.3) is 22.0 Å². The van der Waals surface area contributed by atoms with Crippen LogP contribution in [0.3, 0.4) is 0 Å². The smallest absolute Gasteiger partial charge is 0.163 e. The third-order valence-electron chi connectivity index (χ3n) is 7.66. The molecule has 196 valence electrons. The topological polar surface area (TPSA) is 82.3 Å². The van der Waals surface area contributed by atoms with Gasteiger partial charge in [0.25, 0.3) is 0 Å². The first-order valence-corrected chi connectivity index (χ1v) is 13.6. The normalized spacial score (nSPS) is 16.1. The molecular formula is C33H30ClN3O2. The van der Waals surface area contributed by atoms with Crippen molar-refractivity contribution < 1.29 is 9.90 Å². The molecule has 0 bridgehead atoms. The van der Waals surface area contributed by atoms with E-state index in [0.29, 0.717) is 16.1 Å². The molecule has 4 aromatic carbocycles. The van der Waals surface area contributed by atoms with Gasteiger partial charge in [-0.15, -0.1) is 0 Å². The van der Waals surface area contributed by atoms with Gasteiger partial charge in [0.1, 0.15) is 5.75 Å². The maximum atomic E-state index is 13.7. The van der Waals surface area contributed by atoms with Gasteiger partial charge in [-0.1, -0.05) is 60.1 Å². The molecule has 2 heterocycles. The Labute approximate surface area is 232 Å². The summed E-state index contributed by atoms with van der Waals surface area (Å²) in [4.78, 5) is 19.5. The fraction of sp³-hybridized carbons (Fsp3) is 0.182. The summed E-state index contributed by atoms with van der Waals surface area (Å²) < 4.78 is 0. The lowest BCUT2D eigenvalue weighted by Crippen LogP contribution is -2.26. The number of nitrogens with two attached hydrogens (primary N) is 1. The molecule has 1 aromatic heterocycles. The fourth-order valence-corrected chi connectivity index (χ4v) is 5.72. The summed E-state index contributed by atoms with van der Waals surface area (Å²) >= 11 is 6.31. The Hall–Kier alpha value is -4.06. The van der Waals surface area contributed by atoms with Gasteiger partial charge >= 0.3 is 0 Å². The van der Waals surface area contributed by atoms with E-state index in [0.717, 1.165) is 47.2 Å². The largest absolute Gasteiger partial charge is 0.508 e. The second-order valence-electron chi connectivity index (χ2n) is 10.3. The van der Waals surface area contributed by atoms with E-state index in [4.69, 9.17) is 17.3 Å². The van der Waals surface area contributed by atoms with Gasteiger partial charge in [-0.25, -0.2) is 0 Å². The number of anilines is 1. The number of nitrogens with zero attached hydrogens (tertiary/aromatic N) is 1. The Morgan fingerprint density at radius 2 is 1.79 bits per heavy atom. The third-order valence-corrected chi connectivity index (χ3v) is 7.89. The summed E-state index contributed by atoms with van der Waals surface area (Å²) in [7, 11) is 0. The SMILES string of the molecule is N[C@H]1CCN(c2ccc(-c3cccc(C(=O)C[C@@H](c4cc5ccccc5[nH]4)c4cc(Cl)ccc4O)c3)cc2)C1. The predicted octanol–water partition coefficient (Wildman–Crippen LogP) is 7.14. The lowest BCUT2D eigenvalue weighted by atomic mass is 9.87. The van der Waals surface area contributed by atoms with Crippen molar-refractivity contribution in [3.63, 3.8) is 0 Å². The molecule has 0 saturated carbocycles. The molecule has 0 aliphatic carbocycles. The van der Waals surface area contributed by atoms with Gasteiger partial charge < -0.3 is 20.7 Å². The molecular weight excluding hydrogens is 506 g/mol. The monoisotopic (exact) mass is 535 g/mol. The number of rotatable bonds is 7. The molecule has 0 unspecified atom stereocenters. The van der Waals surface area contributed by atoms with Crippen molar-refractivity contribution in [1.82, 2.24) is 4.98 Å². The van der Waals surface area contributed by atoms with Crippen molar-refractivity contribution >= 4 is 34.0 Å². The number of hydrogen-bond acceptors (Lipinski definition) is 4. The number of H-pyrrole nitrogens is 1. The summed E-state index contributed by atoms with van der Waals surface area (Å²) in [6.07, 6.45) is 1.19. The van der Waals surface area contributed by atoms with Crippen LogP contribution in [-0.2, 0) is 0 Å². The number of carbonyl (C=O) groups excluding carboxylic acids is 1. The number of phenolic OH excluding ortho intramolecular Hbond substituents is 1. The second-order valence-corrected chi connectivity index (χ2v) is 10.8. The van der Waals surface area contributed by atoms with Crippen LogP contribution < -0.4 is 10.6 Å². The average Bonchev–Trinajstić information content (AvgIpc) is 3.59. The lowest BCUT2D eigenvalue weighted by Gasteiger charge is -2.19. The first-order chi connectivity index (χ1) is 18.9. The molecule has 1 fully saturated rings. The van der Waals surface area contributed by atoms with Gasteiger partial charge in [-0.05, 0) is 71.5 Å². The van der Waals surface area contributed by atoms with Gasteiger partial charge in [0.2, 0.25) is 0 Å². The molecule has 39 heavy (non-hydrogen) atoms. The number of aromatic nitrogens is 1. The van der Waals surface area contributed by atoms with Crippen LogP contribution in [0.1, 0.15) is 40.4 Å². The number of aromatic hydroxyl groups is 1. The van der Waals surface area contributed by atoms with Crippen LogP contribution in [0.4, 0.5) is 5.69 Å². The molecule has 2 atom stereocenters. The van der Waals surface area contributed by atoms with Crippen LogP contribution >= 0.6 is 11.6 Å². The molecule has 1 saturated heterocycles. The van der Waals surface area contributed by atoms with Crippen molar-refractivity contribution in [3.8, 4) is 16.9 Å². The Morgan fingerprint density at radius 3 is 2.56 bits per heavy atom. The highest BCUT2D eigenvalue weighted by molar-refractivity contribution is 6.30. The summed E-state index contributed by atoms with van der Waals surface area (Å²) in [5.74, 6) is -0.287. The van der Waals surface area contributed by atoms with Crippen molar-refractivity contribution in [2.75, 3.05) is 18.0 Å². The predicted molar refractivity (Wildman–Crippen MR) is 159 cm³/mol. The summed E-state index contributed by atoms with van der Waals surface area (Å²) in [5.41, 5.74) is 12.4. The lowest BCUT2D eigenvalue weighted by molar-refractivity contribution is 0.0977. The molecule has 6 rings (SSSR count). The Morgan fingerprint density at radius 1 is 0.974 bits per heavy atom. The zero-order valence-electron chi connectivity index (χ0n) is 21.5. The third kappa shape index (κ3) is 5.29. The number of fused-ring (bicyclic) bond motifs is 1. The molecule has 0 amide bonds. The highest BCUT2D eigenvalue weighted by Crippen LogP contribution is 2.37. The minimum Gasteiger partial charge on any atom is -0.508 e. The first-order valence-electron chi connectivity index (χ1n) is 13.2. The summed E-state index contributed by atoms with van der Waals surface area (Å²) in [6.45, 7) is 1.85. The number of carbonyl (C=O) groups is 1. The molecule has 5 nitrogen and oxygen atoms in total. The summed E-state index contributed by atoms with van der Waals surface area (Å²) in [5, 5.41) is 12.3. The van der Waals surface area contributed by atoms with Crippen molar-refractivity contribution in [1.29, 1.82) is 0 Å². The van der Waals surface area contributed by atoms with E-state index in [2.05, 4.69) is 34.1 Å².